The van der Waals surface area contributed by atoms with Gasteiger partial charge in [-0.05, 0) is 31.2 Å². The van der Waals surface area contributed by atoms with E-state index in [0.29, 0.717) is 0 Å². The van der Waals surface area contributed by atoms with Crippen LogP contribution in [0, 0.1) is 6.92 Å². The zero-order chi connectivity index (χ0) is 17.5. The lowest BCUT2D eigenvalue weighted by Gasteiger charge is -2.36. The van der Waals surface area contributed by atoms with Crippen molar-refractivity contribution in [1.29, 1.82) is 0 Å². The first kappa shape index (κ1) is 15.1. The lowest BCUT2D eigenvalue weighted by molar-refractivity contribution is 0.648. The van der Waals surface area contributed by atoms with Gasteiger partial charge in [-0.1, -0.05) is 0 Å². The van der Waals surface area contributed by atoms with Gasteiger partial charge in [-0.15, -0.1) is 0 Å². The van der Waals surface area contributed by atoms with Gasteiger partial charge in [0.25, 0.3) is 0 Å². The number of aromatic nitrogens is 5. The minimum Gasteiger partial charge on any atom is -0.368 e. The van der Waals surface area contributed by atoms with Gasteiger partial charge in [0.15, 0.2) is 5.82 Å². The molecular formula is C19H19N7. The van der Waals surface area contributed by atoms with Crippen molar-refractivity contribution in [3.8, 4) is 0 Å². The Morgan fingerprint density at radius 3 is 2.69 bits per heavy atom. The molecule has 0 amide bonds. The zero-order valence-electron chi connectivity index (χ0n) is 14.6. The number of nitrogens with zero attached hydrogens (tertiary/aromatic N) is 7. The Morgan fingerprint density at radius 2 is 1.81 bits per heavy atom. The van der Waals surface area contributed by atoms with Crippen LogP contribution in [0.5, 0.6) is 0 Å². The van der Waals surface area contributed by atoms with Gasteiger partial charge in [-0.25, -0.2) is 19.5 Å². The molecule has 1 aliphatic heterocycles. The van der Waals surface area contributed by atoms with Crippen LogP contribution in [0.3, 0.4) is 0 Å². The fourth-order valence-corrected chi connectivity index (χ4v) is 3.62. The summed E-state index contributed by atoms with van der Waals surface area (Å²) in [7, 11) is 0. The maximum atomic E-state index is 4.61. The SMILES string of the molecule is Cc1cc2c(N3CCN(c4ccc5ncncc5c4)CC3)nccn2n1. The molecule has 0 atom stereocenters. The third-order valence-electron chi connectivity index (χ3n) is 4.92. The number of piperazine rings is 1. The molecule has 4 aromatic rings. The van der Waals surface area contributed by atoms with E-state index in [0.717, 1.165) is 54.1 Å². The average molecular weight is 345 g/mol. The van der Waals surface area contributed by atoms with Crippen molar-refractivity contribution in [3.63, 3.8) is 0 Å². The summed E-state index contributed by atoms with van der Waals surface area (Å²) in [5, 5.41) is 5.57. The molecule has 26 heavy (non-hydrogen) atoms. The standard InChI is InChI=1S/C19H19N7/c1-14-10-18-19(21-4-5-26(18)23-14)25-8-6-24(7-9-25)16-2-3-17-15(11-16)12-20-13-22-17/h2-5,10-13H,6-9H2,1H3. The smallest absolute Gasteiger partial charge is 0.154 e. The fraction of sp³-hybridized carbons (Fsp3) is 0.263. The normalized spacial score (nSPS) is 15.1. The molecule has 4 heterocycles. The fourth-order valence-electron chi connectivity index (χ4n) is 3.62. The van der Waals surface area contributed by atoms with Crippen molar-refractivity contribution < 1.29 is 0 Å². The summed E-state index contributed by atoms with van der Waals surface area (Å²) >= 11 is 0. The molecule has 0 unspecified atom stereocenters. The molecule has 5 rings (SSSR count). The molecule has 1 fully saturated rings. The molecule has 130 valence electrons. The zero-order valence-corrected chi connectivity index (χ0v) is 14.6. The van der Waals surface area contributed by atoms with Gasteiger partial charge in [-0.3, -0.25) is 0 Å². The van der Waals surface area contributed by atoms with E-state index in [9.17, 15) is 0 Å². The first-order chi connectivity index (χ1) is 12.8. The average Bonchev–Trinajstić information content (AvgIpc) is 3.08. The Morgan fingerprint density at radius 1 is 0.962 bits per heavy atom. The van der Waals surface area contributed by atoms with Crippen molar-refractivity contribution in [1.82, 2.24) is 24.6 Å². The third-order valence-corrected chi connectivity index (χ3v) is 4.92. The monoisotopic (exact) mass is 345 g/mol. The van der Waals surface area contributed by atoms with Gasteiger partial charge in [0.2, 0.25) is 0 Å². The predicted molar refractivity (Wildman–Crippen MR) is 102 cm³/mol. The largest absolute Gasteiger partial charge is 0.368 e. The number of hydrogen-bond donors (Lipinski definition) is 0. The number of rotatable bonds is 2. The highest BCUT2D eigenvalue weighted by molar-refractivity contribution is 5.81. The molecule has 0 bridgehead atoms. The molecule has 1 aromatic carbocycles. The summed E-state index contributed by atoms with van der Waals surface area (Å²) in [6.07, 6.45) is 7.19. The van der Waals surface area contributed by atoms with Crippen LogP contribution in [0.25, 0.3) is 16.4 Å². The Hall–Kier alpha value is -3.22. The quantitative estimate of drug-likeness (QED) is 0.556. The summed E-state index contributed by atoms with van der Waals surface area (Å²) in [5.41, 5.74) is 4.28. The summed E-state index contributed by atoms with van der Waals surface area (Å²) < 4.78 is 1.91. The summed E-state index contributed by atoms with van der Waals surface area (Å²) in [6, 6.07) is 8.47. The Labute approximate surface area is 150 Å². The third kappa shape index (κ3) is 2.52. The second-order valence-corrected chi connectivity index (χ2v) is 6.61. The van der Waals surface area contributed by atoms with Crippen molar-refractivity contribution in [2.24, 2.45) is 0 Å². The Kier molecular flexibility index (Phi) is 3.44. The Balaban J connectivity index is 1.38. The van der Waals surface area contributed by atoms with E-state index in [1.165, 1.54) is 5.69 Å². The highest BCUT2D eigenvalue weighted by Crippen LogP contribution is 2.25. The summed E-state index contributed by atoms with van der Waals surface area (Å²) in [5.74, 6) is 1.01. The van der Waals surface area contributed by atoms with Gasteiger partial charge < -0.3 is 9.80 Å². The lowest BCUT2D eigenvalue weighted by atomic mass is 10.2. The summed E-state index contributed by atoms with van der Waals surface area (Å²) in [4.78, 5) is 17.8. The molecular weight excluding hydrogens is 326 g/mol. The van der Waals surface area contributed by atoms with Crippen LogP contribution in [0.15, 0.2) is 49.2 Å². The van der Waals surface area contributed by atoms with Crippen LogP contribution >= 0.6 is 0 Å². The first-order valence-electron chi connectivity index (χ1n) is 8.78. The molecule has 7 nitrogen and oxygen atoms in total. The van der Waals surface area contributed by atoms with Crippen LogP contribution in [0.4, 0.5) is 11.5 Å². The van der Waals surface area contributed by atoms with Gasteiger partial charge in [0, 0.05) is 55.8 Å². The van der Waals surface area contributed by atoms with Gasteiger partial charge >= 0.3 is 0 Å². The number of anilines is 2. The number of aryl methyl sites for hydroxylation is 1. The van der Waals surface area contributed by atoms with E-state index in [1.54, 1.807) is 6.33 Å². The molecule has 0 radical (unpaired) electrons. The number of fused-ring (bicyclic) bond motifs is 2. The highest BCUT2D eigenvalue weighted by Gasteiger charge is 2.20. The molecule has 3 aromatic heterocycles. The van der Waals surface area contributed by atoms with Gasteiger partial charge in [0.1, 0.15) is 11.8 Å². The molecule has 0 spiro atoms. The van der Waals surface area contributed by atoms with Crippen LogP contribution in [-0.2, 0) is 0 Å². The summed E-state index contributed by atoms with van der Waals surface area (Å²) in [6.45, 7) is 5.78. The van der Waals surface area contributed by atoms with E-state index < -0.39 is 0 Å². The molecule has 0 N–H and O–H groups in total. The highest BCUT2D eigenvalue weighted by atomic mass is 15.3. The molecule has 1 aliphatic rings. The van der Waals surface area contributed by atoms with E-state index in [4.69, 9.17) is 0 Å². The minimum absolute atomic E-state index is 0.931. The molecule has 0 saturated carbocycles. The number of hydrogen-bond acceptors (Lipinski definition) is 6. The van der Waals surface area contributed by atoms with Crippen LogP contribution in [-0.4, -0.2) is 50.7 Å². The number of benzene rings is 1. The van der Waals surface area contributed by atoms with Crippen LogP contribution < -0.4 is 9.80 Å². The van der Waals surface area contributed by atoms with Gasteiger partial charge in [-0.2, -0.15) is 5.10 Å². The lowest BCUT2D eigenvalue weighted by Crippen LogP contribution is -2.47. The van der Waals surface area contributed by atoms with Crippen molar-refractivity contribution in [3.05, 3.63) is 54.9 Å². The van der Waals surface area contributed by atoms with E-state index >= 15 is 0 Å². The van der Waals surface area contributed by atoms with E-state index in [1.807, 2.05) is 30.0 Å². The minimum atomic E-state index is 0.931. The van der Waals surface area contributed by atoms with Crippen LogP contribution in [0.2, 0.25) is 0 Å². The van der Waals surface area contributed by atoms with Crippen molar-refractivity contribution in [2.75, 3.05) is 36.0 Å². The van der Waals surface area contributed by atoms with Gasteiger partial charge in [0.05, 0.1) is 11.2 Å². The van der Waals surface area contributed by atoms with E-state index in [2.05, 4.69) is 54.1 Å². The predicted octanol–water partition coefficient (Wildman–Crippen LogP) is 2.31. The van der Waals surface area contributed by atoms with Crippen molar-refractivity contribution in [2.45, 2.75) is 6.92 Å². The maximum Gasteiger partial charge on any atom is 0.154 e. The first-order valence-corrected chi connectivity index (χ1v) is 8.78. The second kappa shape index (κ2) is 5.94. The topological polar surface area (TPSA) is 62.5 Å². The maximum absolute atomic E-state index is 4.61. The van der Waals surface area contributed by atoms with Crippen molar-refractivity contribution >= 4 is 27.9 Å². The Bertz CT molecular complexity index is 1080. The molecule has 0 aliphatic carbocycles. The van der Waals surface area contributed by atoms with E-state index in [-0.39, 0.29) is 0 Å². The van der Waals surface area contributed by atoms with Crippen LogP contribution in [0.1, 0.15) is 5.69 Å². The second-order valence-electron chi connectivity index (χ2n) is 6.61. The molecule has 1 saturated heterocycles. The molecule has 7 heteroatoms.